The molecule has 0 aliphatic rings. The van der Waals surface area contributed by atoms with Crippen LogP contribution in [0.3, 0.4) is 0 Å². The highest BCUT2D eigenvalue weighted by Crippen LogP contribution is 2.35. The summed E-state index contributed by atoms with van der Waals surface area (Å²) >= 11 is 1.87. The monoisotopic (exact) mass is 762 g/mol. The molecule has 0 saturated heterocycles. The van der Waals surface area contributed by atoms with Gasteiger partial charge in [0.25, 0.3) is 0 Å². The van der Waals surface area contributed by atoms with Gasteiger partial charge in [-0.15, -0.1) is 11.3 Å². The zero-order valence-corrected chi connectivity index (χ0v) is 32.6. The van der Waals surface area contributed by atoms with Crippen molar-refractivity contribution in [3.63, 3.8) is 0 Å². The first-order valence-corrected chi connectivity index (χ1v) is 22.0. The molecule has 11 aromatic rings. The number of aromatic nitrogens is 4. The molecule has 0 unspecified atom stereocenters. The summed E-state index contributed by atoms with van der Waals surface area (Å²) in [5, 5.41) is 10.2. The van der Waals surface area contributed by atoms with Gasteiger partial charge in [-0.05, 0) is 45.0 Å². The van der Waals surface area contributed by atoms with Crippen molar-refractivity contribution in [1.82, 2.24) is 19.5 Å². The fraction of sp³-hybridized carbons (Fsp3) is 0. The molecule has 3 heterocycles. The van der Waals surface area contributed by atoms with Crippen LogP contribution in [0.2, 0.25) is 0 Å². The Morgan fingerprint density at radius 1 is 0.386 bits per heavy atom. The van der Waals surface area contributed by atoms with Crippen molar-refractivity contribution in [1.29, 1.82) is 0 Å². The van der Waals surface area contributed by atoms with Crippen molar-refractivity contribution >= 4 is 82.1 Å². The highest BCUT2D eigenvalue weighted by molar-refractivity contribution is 7.27. The van der Waals surface area contributed by atoms with Crippen LogP contribution in [0.15, 0.2) is 206 Å². The maximum atomic E-state index is 5.35. The Morgan fingerprint density at radius 3 is 1.54 bits per heavy atom. The Hall–Kier alpha value is -6.99. The van der Waals surface area contributed by atoms with Crippen molar-refractivity contribution in [3.05, 3.63) is 206 Å². The van der Waals surface area contributed by atoms with Gasteiger partial charge in [0, 0.05) is 42.1 Å². The fourth-order valence-electron chi connectivity index (χ4n) is 8.77. The fourth-order valence-corrected chi connectivity index (χ4v) is 15.0. The first-order valence-electron chi connectivity index (χ1n) is 19.2. The lowest BCUT2D eigenvalue weighted by Gasteiger charge is -2.35. The predicted octanol–water partition coefficient (Wildman–Crippen LogP) is 10.0. The summed E-state index contributed by atoms with van der Waals surface area (Å²) in [5.74, 6) is 1.85. The Labute approximate surface area is 335 Å². The number of para-hydroxylation sites is 2. The van der Waals surface area contributed by atoms with E-state index in [2.05, 4.69) is 193 Å². The van der Waals surface area contributed by atoms with E-state index >= 15 is 0 Å². The van der Waals surface area contributed by atoms with Gasteiger partial charge < -0.3 is 0 Å². The van der Waals surface area contributed by atoms with E-state index < -0.39 is 8.07 Å². The molecular weight excluding hydrogens is 729 g/mol. The number of fused-ring (bicyclic) bond motifs is 6. The Balaban J connectivity index is 1.21. The molecule has 0 radical (unpaired) electrons. The third-order valence-electron chi connectivity index (χ3n) is 11.2. The van der Waals surface area contributed by atoms with Crippen LogP contribution in [-0.4, -0.2) is 27.6 Å². The topological polar surface area (TPSA) is 43.6 Å². The average Bonchev–Trinajstić information content (AvgIpc) is 3.84. The predicted molar refractivity (Wildman–Crippen MR) is 242 cm³/mol. The SMILES string of the molecule is c1ccc(-c2nc(-c3cccc([Si](c4ccccc4)(c4ccccc4)c4cccc5sc6ccccc6c45)c3)nc(-n3c4ccccc4c4ccccc43)n2)cc1. The number of nitrogens with zero attached hydrogens (tertiary/aromatic N) is 4. The molecule has 57 heavy (non-hydrogen) atoms. The van der Waals surface area contributed by atoms with Crippen molar-refractivity contribution in [2.45, 2.75) is 0 Å². The van der Waals surface area contributed by atoms with Gasteiger partial charge in [0.05, 0.1) is 11.0 Å². The molecule has 0 saturated carbocycles. The zero-order valence-electron chi connectivity index (χ0n) is 30.8. The molecular formula is C51H34N4SSi. The Bertz CT molecular complexity index is 3160. The lowest BCUT2D eigenvalue weighted by atomic mass is 10.1. The second kappa shape index (κ2) is 13.6. The minimum absolute atomic E-state index is 0.589. The molecule has 0 aliphatic carbocycles. The molecule has 0 N–H and O–H groups in total. The van der Waals surface area contributed by atoms with E-state index in [4.69, 9.17) is 15.0 Å². The summed E-state index contributed by atoms with van der Waals surface area (Å²) in [7, 11) is -3.00. The first-order chi connectivity index (χ1) is 28.3. The molecule has 3 aromatic heterocycles. The summed E-state index contributed by atoms with van der Waals surface area (Å²) in [6.07, 6.45) is 0. The summed E-state index contributed by atoms with van der Waals surface area (Å²) in [6, 6.07) is 74.3. The van der Waals surface area contributed by atoms with Gasteiger partial charge in [0.15, 0.2) is 19.7 Å². The van der Waals surface area contributed by atoms with E-state index in [0.29, 0.717) is 17.6 Å². The van der Waals surface area contributed by atoms with Gasteiger partial charge in [-0.25, -0.2) is 4.98 Å². The summed E-state index contributed by atoms with van der Waals surface area (Å²) in [6.45, 7) is 0. The molecule has 0 atom stereocenters. The van der Waals surface area contributed by atoms with E-state index in [1.165, 1.54) is 40.9 Å². The normalized spacial score (nSPS) is 11.9. The Morgan fingerprint density at radius 2 is 0.877 bits per heavy atom. The van der Waals surface area contributed by atoms with Gasteiger partial charge in [-0.2, -0.15) is 9.97 Å². The average molecular weight is 763 g/mol. The standard InChI is InChI=1S/C51H34N4SSi/c1-4-18-35(19-5-1)49-52-50(54-51(53-49)55-43-29-13-10-26-40(43)41-27-11-14-30-44(41)55)36-20-16-25-39(34-36)57(37-21-6-2-7-22-37,38-23-8-3-9-24-38)47-33-17-32-46-48(47)42-28-12-15-31-45(42)56-46/h1-34H. The largest absolute Gasteiger partial charge is 0.278 e. The van der Waals surface area contributed by atoms with Crippen molar-refractivity contribution < 1.29 is 0 Å². The van der Waals surface area contributed by atoms with Gasteiger partial charge in [-0.3, -0.25) is 4.57 Å². The van der Waals surface area contributed by atoms with E-state index in [-0.39, 0.29) is 0 Å². The molecule has 0 fully saturated rings. The summed E-state index contributed by atoms with van der Waals surface area (Å²) in [5.41, 5.74) is 3.99. The lowest BCUT2D eigenvalue weighted by molar-refractivity contribution is 0.953. The molecule has 0 aliphatic heterocycles. The lowest BCUT2D eigenvalue weighted by Crippen LogP contribution is -2.74. The number of rotatable bonds is 7. The quantitative estimate of drug-likeness (QED) is 0.120. The second-order valence-corrected chi connectivity index (χ2v) is 19.2. The van der Waals surface area contributed by atoms with Gasteiger partial charge >= 0.3 is 0 Å². The number of thiophene rings is 1. The van der Waals surface area contributed by atoms with E-state index in [1.54, 1.807) is 0 Å². The van der Waals surface area contributed by atoms with Gasteiger partial charge in [0.2, 0.25) is 5.95 Å². The maximum absolute atomic E-state index is 5.35. The second-order valence-electron chi connectivity index (χ2n) is 14.4. The van der Waals surface area contributed by atoms with E-state index in [1.807, 2.05) is 29.5 Å². The molecule has 8 aromatic carbocycles. The highest BCUT2D eigenvalue weighted by atomic mass is 32.1. The van der Waals surface area contributed by atoms with Crippen LogP contribution in [0, 0.1) is 0 Å². The first kappa shape index (κ1) is 33.4. The summed E-state index contributed by atoms with van der Waals surface area (Å²) in [4.78, 5) is 15.8. The number of hydrogen-bond donors (Lipinski definition) is 0. The van der Waals surface area contributed by atoms with Crippen LogP contribution in [-0.2, 0) is 0 Å². The maximum Gasteiger partial charge on any atom is 0.238 e. The minimum Gasteiger partial charge on any atom is -0.278 e. The van der Waals surface area contributed by atoms with Gasteiger partial charge in [0.1, 0.15) is 0 Å². The molecule has 6 heteroatoms. The third kappa shape index (κ3) is 5.37. The molecule has 0 spiro atoms. The molecule has 0 amide bonds. The highest BCUT2D eigenvalue weighted by Gasteiger charge is 2.43. The Kier molecular flexibility index (Phi) is 7.98. The smallest absolute Gasteiger partial charge is 0.238 e. The van der Waals surface area contributed by atoms with Crippen molar-refractivity contribution in [2.75, 3.05) is 0 Å². The van der Waals surface area contributed by atoms with Crippen LogP contribution >= 0.6 is 11.3 Å². The molecule has 11 rings (SSSR count). The van der Waals surface area contributed by atoms with Crippen LogP contribution in [0.1, 0.15) is 0 Å². The van der Waals surface area contributed by atoms with Crippen molar-refractivity contribution in [2.24, 2.45) is 0 Å². The van der Waals surface area contributed by atoms with Gasteiger partial charge in [-0.1, -0.05) is 182 Å². The van der Waals surface area contributed by atoms with Crippen molar-refractivity contribution in [3.8, 4) is 28.7 Å². The van der Waals surface area contributed by atoms with E-state index in [9.17, 15) is 0 Å². The minimum atomic E-state index is -3.00. The molecule has 0 bridgehead atoms. The van der Waals surface area contributed by atoms with E-state index in [0.717, 1.165) is 32.9 Å². The molecule has 268 valence electrons. The van der Waals surface area contributed by atoms with Crippen LogP contribution in [0.25, 0.3) is 70.7 Å². The van der Waals surface area contributed by atoms with Crippen LogP contribution in [0.4, 0.5) is 0 Å². The molecule has 4 nitrogen and oxygen atoms in total. The van der Waals surface area contributed by atoms with Crippen LogP contribution in [0.5, 0.6) is 0 Å². The van der Waals surface area contributed by atoms with Crippen LogP contribution < -0.4 is 20.7 Å². The zero-order chi connectivity index (χ0) is 37.8. The third-order valence-corrected chi connectivity index (χ3v) is 17.1. The number of benzene rings is 8. The summed E-state index contributed by atoms with van der Waals surface area (Å²) < 4.78 is 4.78. The number of hydrogen-bond acceptors (Lipinski definition) is 4.